The van der Waals surface area contributed by atoms with Crippen molar-refractivity contribution in [1.29, 1.82) is 0 Å². The van der Waals surface area contributed by atoms with Crippen molar-refractivity contribution in [3.8, 4) is 0 Å². The second kappa shape index (κ2) is 7.82. The summed E-state index contributed by atoms with van der Waals surface area (Å²) < 4.78 is 5.38. The van der Waals surface area contributed by atoms with Gasteiger partial charge in [0.2, 0.25) is 0 Å². The number of ether oxygens (including phenoxy) is 1. The molecule has 0 aliphatic carbocycles. The van der Waals surface area contributed by atoms with Crippen LogP contribution in [-0.4, -0.2) is 60.0 Å². The molecule has 0 bridgehead atoms. The van der Waals surface area contributed by atoms with Crippen LogP contribution in [0.1, 0.15) is 39.5 Å². The van der Waals surface area contributed by atoms with Crippen molar-refractivity contribution in [2.75, 3.05) is 32.8 Å². The summed E-state index contributed by atoms with van der Waals surface area (Å²) in [6.07, 6.45) is 2.87. The van der Waals surface area contributed by atoms with Crippen LogP contribution in [0.5, 0.6) is 0 Å². The second-order valence-electron chi connectivity index (χ2n) is 5.51. The van der Waals surface area contributed by atoms with E-state index >= 15 is 0 Å². The molecule has 0 spiro atoms. The molecule has 0 amide bonds. The largest absolute Gasteiger partial charge is 0.481 e. The van der Waals surface area contributed by atoms with Gasteiger partial charge >= 0.3 is 5.97 Å². The van der Waals surface area contributed by atoms with Crippen molar-refractivity contribution in [2.45, 2.75) is 45.6 Å². The highest BCUT2D eigenvalue weighted by molar-refractivity contribution is 5.75. The number of hydrogen-bond donors (Lipinski definition) is 2. The first-order chi connectivity index (χ1) is 9.04. The van der Waals surface area contributed by atoms with Crippen LogP contribution in [-0.2, 0) is 9.53 Å². The topological polar surface area (TPSA) is 70.0 Å². The molecule has 1 aliphatic heterocycles. The molecule has 5 heteroatoms. The Morgan fingerprint density at radius 2 is 2.21 bits per heavy atom. The Hall–Kier alpha value is -0.650. The van der Waals surface area contributed by atoms with Crippen molar-refractivity contribution in [3.05, 3.63) is 0 Å². The van der Waals surface area contributed by atoms with Crippen molar-refractivity contribution in [1.82, 2.24) is 4.90 Å². The summed E-state index contributed by atoms with van der Waals surface area (Å²) in [6.45, 7) is 6.81. The Morgan fingerprint density at radius 3 is 2.74 bits per heavy atom. The van der Waals surface area contributed by atoms with E-state index in [2.05, 4.69) is 6.92 Å². The molecule has 1 aliphatic rings. The van der Waals surface area contributed by atoms with Crippen LogP contribution in [0.25, 0.3) is 0 Å². The number of nitrogens with zero attached hydrogens (tertiary/aromatic N) is 1. The van der Waals surface area contributed by atoms with E-state index < -0.39 is 17.5 Å². The summed E-state index contributed by atoms with van der Waals surface area (Å²) >= 11 is 0. The van der Waals surface area contributed by atoms with Gasteiger partial charge in [0.25, 0.3) is 0 Å². The number of β-amino-alcohol motifs (C(OH)–C–C–N with tert-alkyl or cyclic N) is 1. The molecule has 112 valence electrons. The quantitative estimate of drug-likeness (QED) is 0.621. The first-order valence-electron chi connectivity index (χ1n) is 7.25. The lowest BCUT2D eigenvalue weighted by Gasteiger charge is -2.24. The lowest BCUT2D eigenvalue weighted by Crippen LogP contribution is -2.38. The summed E-state index contributed by atoms with van der Waals surface area (Å²) in [6, 6.07) is 0. The molecule has 1 fully saturated rings. The van der Waals surface area contributed by atoms with E-state index in [-0.39, 0.29) is 0 Å². The van der Waals surface area contributed by atoms with Gasteiger partial charge in [0.1, 0.15) is 0 Å². The Morgan fingerprint density at radius 1 is 1.47 bits per heavy atom. The zero-order chi connectivity index (χ0) is 14.3. The Bertz CT molecular complexity index is 285. The summed E-state index contributed by atoms with van der Waals surface area (Å²) in [4.78, 5) is 13.3. The first kappa shape index (κ1) is 16.4. The summed E-state index contributed by atoms with van der Waals surface area (Å²) in [5.74, 6) is -0.716. The van der Waals surface area contributed by atoms with Gasteiger partial charge in [0, 0.05) is 19.7 Å². The minimum absolute atomic E-state index is 0.336. The standard InChI is InChI=1S/C14H27NO4/c1-3-5-8-19-10-12(16)9-15-7-6-14(4-2,11-15)13(17)18/h12,16H,3-11H2,1-2H3,(H,17,18). The van der Waals surface area contributed by atoms with Gasteiger partial charge in [0.15, 0.2) is 0 Å². The number of carboxylic acid groups (broad SMARTS) is 1. The number of carbonyl (C=O) groups is 1. The van der Waals surface area contributed by atoms with Gasteiger partial charge in [-0.25, -0.2) is 0 Å². The monoisotopic (exact) mass is 273 g/mol. The van der Waals surface area contributed by atoms with Crippen molar-refractivity contribution >= 4 is 5.97 Å². The zero-order valence-electron chi connectivity index (χ0n) is 12.1. The van der Waals surface area contributed by atoms with Crippen molar-refractivity contribution in [2.24, 2.45) is 5.41 Å². The van der Waals surface area contributed by atoms with Gasteiger partial charge in [-0.15, -0.1) is 0 Å². The lowest BCUT2D eigenvalue weighted by atomic mass is 9.84. The normalized spacial score (nSPS) is 25.6. The van der Waals surface area contributed by atoms with E-state index in [9.17, 15) is 15.0 Å². The van der Waals surface area contributed by atoms with Gasteiger partial charge in [0.05, 0.1) is 18.1 Å². The molecule has 0 aromatic carbocycles. The smallest absolute Gasteiger partial charge is 0.310 e. The molecule has 19 heavy (non-hydrogen) atoms. The number of likely N-dealkylation sites (tertiary alicyclic amines) is 1. The SMILES string of the molecule is CCCCOCC(O)CN1CCC(CC)(C(=O)O)C1. The van der Waals surface area contributed by atoms with E-state index in [1.165, 1.54) is 0 Å². The highest BCUT2D eigenvalue weighted by Crippen LogP contribution is 2.34. The predicted molar refractivity (Wildman–Crippen MR) is 73.2 cm³/mol. The number of hydrogen-bond acceptors (Lipinski definition) is 4. The first-order valence-corrected chi connectivity index (χ1v) is 7.25. The molecule has 1 rings (SSSR count). The molecule has 5 nitrogen and oxygen atoms in total. The minimum Gasteiger partial charge on any atom is -0.481 e. The molecular weight excluding hydrogens is 246 g/mol. The van der Waals surface area contributed by atoms with Crippen molar-refractivity contribution in [3.63, 3.8) is 0 Å². The fraction of sp³-hybridized carbons (Fsp3) is 0.929. The third-order valence-electron chi connectivity index (χ3n) is 3.98. The third-order valence-corrected chi connectivity index (χ3v) is 3.98. The van der Waals surface area contributed by atoms with E-state index in [4.69, 9.17) is 4.74 Å². The maximum Gasteiger partial charge on any atom is 0.310 e. The molecular formula is C14H27NO4. The third kappa shape index (κ3) is 4.75. The molecule has 1 saturated heterocycles. The molecule has 0 radical (unpaired) electrons. The van der Waals surface area contributed by atoms with Crippen LogP contribution in [0, 0.1) is 5.41 Å². The molecule has 0 saturated carbocycles. The number of carboxylic acids is 1. The second-order valence-corrected chi connectivity index (χ2v) is 5.51. The predicted octanol–water partition coefficient (Wildman–Crippen LogP) is 1.35. The number of aliphatic hydroxyl groups excluding tert-OH is 1. The van der Waals surface area contributed by atoms with Crippen LogP contribution < -0.4 is 0 Å². The summed E-state index contributed by atoms with van der Waals surface area (Å²) in [5.41, 5.74) is -0.622. The molecule has 0 aromatic heterocycles. The number of aliphatic carboxylic acids is 1. The molecule has 2 atom stereocenters. The van der Waals surface area contributed by atoms with Crippen LogP contribution in [0.4, 0.5) is 0 Å². The van der Waals surface area contributed by atoms with Gasteiger partial charge in [-0.1, -0.05) is 20.3 Å². The van der Waals surface area contributed by atoms with Crippen LogP contribution in [0.3, 0.4) is 0 Å². The van der Waals surface area contributed by atoms with E-state index in [0.29, 0.717) is 39.1 Å². The zero-order valence-corrected chi connectivity index (χ0v) is 12.1. The Balaban J connectivity index is 2.29. The highest BCUT2D eigenvalue weighted by atomic mass is 16.5. The molecule has 1 heterocycles. The van der Waals surface area contributed by atoms with Crippen molar-refractivity contribution < 1.29 is 19.7 Å². The molecule has 2 unspecified atom stereocenters. The van der Waals surface area contributed by atoms with Crippen LogP contribution in [0.15, 0.2) is 0 Å². The van der Waals surface area contributed by atoms with Gasteiger partial charge < -0.3 is 14.9 Å². The van der Waals surface area contributed by atoms with Gasteiger partial charge in [-0.3, -0.25) is 9.69 Å². The minimum atomic E-state index is -0.716. The average molecular weight is 273 g/mol. The lowest BCUT2D eigenvalue weighted by molar-refractivity contribution is -0.148. The highest BCUT2D eigenvalue weighted by Gasteiger charge is 2.43. The Kier molecular flexibility index (Phi) is 6.75. The average Bonchev–Trinajstić information content (AvgIpc) is 2.79. The fourth-order valence-electron chi connectivity index (χ4n) is 2.54. The molecule has 0 aromatic rings. The number of aliphatic hydroxyl groups is 1. The Labute approximate surface area is 115 Å². The number of unbranched alkanes of at least 4 members (excludes halogenated alkanes) is 1. The fourth-order valence-corrected chi connectivity index (χ4v) is 2.54. The summed E-state index contributed by atoms with van der Waals surface area (Å²) in [7, 11) is 0. The maximum atomic E-state index is 11.3. The van der Waals surface area contributed by atoms with Gasteiger partial charge in [-0.2, -0.15) is 0 Å². The van der Waals surface area contributed by atoms with E-state index in [0.717, 1.165) is 19.4 Å². The number of rotatable bonds is 9. The van der Waals surface area contributed by atoms with Crippen LogP contribution >= 0.6 is 0 Å². The van der Waals surface area contributed by atoms with E-state index in [1.54, 1.807) is 0 Å². The molecule has 2 N–H and O–H groups in total. The summed E-state index contributed by atoms with van der Waals surface area (Å²) in [5, 5.41) is 19.2. The van der Waals surface area contributed by atoms with Gasteiger partial charge in [-0.05, 0) is 25.8 Å². The maximum absolute atomic E-state index is 11.3. The van der Waals surface area contributed by atoms with E-state index in [1.807, 2.05) is 11.8 Å². The van der Waals surface area contributed by atoms with Crippen LogP contribution in [0.2, 0.25) is 0 Å².